The van der Waals surface area contributed by atoms with Gasteiger partial charge in [-0.15, -0.1) is 10.2 Å². The highest BCUT2D eigenvalue weighted by Crippen LogP contribution is 2.16. The molecule has 0 saturated heterocycles. The van der Waals surface area contributed by atoms with Gasteiger partial charge >= 0.3 is 0 Å². The Morgan fingerprint density at radius 2 is 1.71 bits per heavy atom. The summed E-state index contributed by atoms with van der Waals surface area (Å²) in [7, 11) is 1.60. The minimum absolute atomic E-state index is 0.281. The van der Waals surface area contributed by atoms with Gasteiger partial charge in [-0.1, -0.05) is 13.8 Å². The second-order valence-corrected chi connectivity index (χ2v) is 5.45. The normalized spacial score (nSPS) is 10.3. The van der Waals surface area contributed by atoms with E-state index in [4.69, 9.17) is 4.74 Å². The minimum Gasteiger partial charge on any atom is -0.497 e. The molecular formula is C18H24N4O2. The van der Waals surface area contributed by atoms with Gasteiger partial charge in [0.05, 0.1) is 7.11 Å². The van der Waals surface area contributed by atoms with Crippen molar-refractivity contribution >= 4 is 17.4 Å². The Balaban J connectivity index is 2.04. The molecule has 1 amide bonds. The van der Waals surface area contributed by atoms with Gasteiger partial charge in [0.25, 0.3) is 5.91 Å². The summed E-state index contributed by atoms with van der Waals surface area (Å²) in [5, 5.41) is 11.1. The molecule has 6 heteroatoms. The molecule has 1 aromatic carbocycles. The van der Waals surface area contributed by atoms with Gasteiger partial charge in [0.2, 0.25) is 0 Å². The number of methoxy groups -OCH3 is 1. The van der Waals surface area contributed by atoms with Crippen molar-refractivity contribution in [3.8, 4) is 5.75 Å². The van der Waals surface area contributed by atoms with Gasteiger partial charge in [-0.25, -0.2) is 0 Å². The fourth-order valence-electron chi connectivity index (χ4n) is 2.37. The number of aromatic nitrogens is 2. The number of amides is 1. The summed E-state index contributed by atoms with van der Waals surface area (Å²) in [6.07, 6.45) is 2.09. The third-order valence-corrected chi connectivity index (χ3v) is 3.54. The Hall–Kier alpha value is -2.63. The van der Waals surface area contributed by atoms with Crippen molar-refractivity contribution in [2.75, 3.05) is 30.4 Å². The van der Waals surface area contributed by atoms with E-state index in [0.717, 1.165) is 37.5 Å². The lowest BCUT2D eigenvalue weighted by atomic mass is 10.3. The quantitative estimate of drug-likeness (QED) is 0.805. The van der Waals surface area contributed by atoms with Crippen LogP contribution >= 0.6 is 0 Å². The zero-order chi connectivity index (χ0) is 17.4. The maximum Gasteiger partial charge on any atom is 0.276 e. The predicted molar refractivity (Wildman–Crippen MR) is 95.8 cm³/mol. The van der Waals surface area contributed by atoms with E-state index in [1.807, 2.05) is 6.07 Å². The highest BCUT2D eigenvalue weighted by atomic mass is 16.5. The number of benzene rings is 1. The lowest BCUT2D eigenvalue weighted by Gasteiger charge is -2.21. The van der Waals surface area contributed by atoms with Crippen molar-refractivity contribution in [2.24, 2.45) is 0 Å². The number of nitrogens with zero attached hydrogens (tertiary/aromatic N) is 3. The van der Waals surface area contributed by atoms with Crippen LogP contribution < -0.4 is 15.0 Å². The Kier molecular flexibility index (Phi) is 6.54. The molecule has 0 fully saturated rings. The van der Waals surface area contributed by atoms with Gasteiger partial charge in [0.15, 0.2) is 11.5 Å². The fraction of sp³-hybridized carbons (Fsp3) is 0.389. The van der Waals surface area contributed by atoms with E-state index in [1.165, 1.54) is 0 Å². The first-order valence-corrected chi connectivity index (χ1v) is 8.22. The first kappa shape index (κ1) is 17.7. The standard InChI is InChI=1S/C18H24N4O2/c1-4-12-22(13-5-2)17-11-10-16(20-21-17)18(23)19-14-6-8-15(24-3)9-7-14/h6-11H,4-5,12-13H2,1-3H3,(H,19,23). The molecule has 1 heterocycles. The smallest absolute Gasteiger partial charge is 0.276 e. The monoisotopic (exact) mass is 328 g/mol. The lowest BCUT2D eigenvalue weighted by molar-refractivity contribution is 0.102. The fourth-order valence-corrected chi connectivity index (χ4v) is 2.37. The molecule has 0 bridgehead atoms. The topological polar surface area (TPSA) is 67.4 Å². The summed E-state index contributed by atoms with van der Waals surface area (Å²) < 4.78 is 5.09. The van der Waals surface area contributed by atoms with Crippen molar-refractivity contribution in [3.05, 3.63) is 42.1 Å². The first-order chi connectivity index (χ1) is 11.7. The van der Waals surface area contributed by atoms with Crippen LogP contribution in [0.15, 0.2) is 36.4 Å². The summed E-state index contributed by atoms with van der Waals surface area (Å²) in [5.41, 5.74) is 0.979. The number of carbonyl (C=O) groups is 1. The summed E-state index contributed by atoms with van der Waals surface area (Å²) >= 11 is 0. The molecule has 1 N–H and O–H groups in total. The van der Waals surface area contributed by atoms with Crippen LogP contribution in [-0.4, -0.2) is 36.3 Å². The molecule has 128 valence electrons. The van der Waals surface area contributed by atoms with E-state index in [2.05, 4.69) is 34.3 Å². The molecule has 1 aromatic heterocycles. The van der Waals surface area contributed by atoms with Crippen molar-refractivity contribution < 1.29 is 9.53 Å². The maximum absolute atomic E-state index is 12.2. The van der Waals surface area contributed by atoms with Crippen LogP contribution in [0.4, 0.5) is 11.5 Å². The van der Waals surface area contributed by atoms with Crippen LogP contribution in [0.3, 0.4) is 0 Å². The highest BCUT2D eigenvalue weighted by molar-refractivity contribution is 6.02. The molecule has 0 spiro atoms. The Labute approximate surface area is 142 Å². The lowest BCUT2D eigenvalue weighted by Crippen LogP contribution is -2.26. The van der Waals surface area contributed by atoms with Gasteiger partial charge in [-0.05, 0) is 49.2 Å². The molecule has 0 atom stereocenters. The molecule has 0 unspecified atom stereocenters. The Morgan fingerprint density at radius 1 is 1.04 bits per heavy atom. The van der Waals surface area contributed by atoms with Crippen LogP contribution in [0.25, 0.3) is 0 Å². The molecule has 0 saturated carbocycles. The second-order valence-electron chi connectivity index (χ2n) is 5.45. The molecule has 0 aliphatic heterocycles. The van der Waals surface area contributed by atoms with Crippen molar-refractivity contribution in [1.82, 2.24) is 10.2 Å². The molecule has 0 aliphatic rings. The third kappa shape index (κ3) is 4.68. The van der Waals surface area contributed by atoms with E-state index in [1.54, 1.807) is 37.4 Å². The van der Waals surface area contributed by atoms with E-state index in [9.17, 15) is 4.79 Å². The van der Waals surface area contributed by atoms with Crippen molar-refractivity contribution in [1.29, 1.82) is 0 Å². The molecule has 2 rings (SSSR count). The predicted octanol–water partition coefficient (Wildman–Crippen LogP) is 3.36. The molecular weight excluding hydrogens is 304 g/mol. The largest absolute Gasteiger partial charge is 0.497 e. The van der Waals surface area contributed by atoms with Gasteiger partial charge in [0.1, 0.15) is 5.75 Å². The number of hydrogen-bond acceptors (Lipinski definition) is 5. The average Bonchev–Trinajstić information content (AvgIpc) is 2.62. The van der Waals surface area contributed by atoms with Crippen LogP contribution in [-0.2, 0) is 0 Å². The van der Waals surface area contributed by atoms with Crippen molar-refractivity contribution in [2.45, 2.75) is 26.7 Å². The first-order valence-electron chi connectivity index (χ1n) is 8.22. The Morgan fingerprint density at radius 3 is 2.21 bits per heavy atom. The van der Waals surface area contributed by atoms with Gasteiger partial charge in [-0.2, -0.15) is 0 Å². The second kappa shape index (κ2) is 8.86. The van der Waals surface area contributed by atoms with E-state index in [-0.39, 0.29) is 5.91 Å². The van der Waals surface area contributed by atoms with E-state index >= 15 is 0 Å². The maximum atomic E-state index is 12.2. The number of ether oxygens (including phenoxy) is 1. The molecule has 2 aromatic rings. The SMILES string of the molecule is CCCN(CCC)c1ccc(C(=O)Nc2ccc(OC)cc2)nn1. The number of hydrogen-bond donors (Lipinski definition) is 1. The van der Waals surface area contributed by atoms with E-state index in [0.29, 0.717) is 11.4 Å². The molecule has 0 aliphatic carbocycles. The van der Waals surface area contributed by atoms with Gasteiger partial charge in [-0.3, -0.25) is 4.79 Å². The molecule has 6 nitrogen and oxygen atoms in total. The van der Waals surface area contributed by atoms with Crippen LogP contribution in [0.1, 0.15) is 37.2 Å². The number of rotatable bonds is 8. The molecule has 0 radical (unpaired) electrons. The zero-order valence-corrected chi connectivity index (χ0v) is 14.5. The average molecular weight is 328 g/mol. The summed E-state index contributed by atoms with van der Waals surface area (Å²) in [6, 6.07) is 10.7. The minimum atomic E-state index is -0.281. The van der Waals surface area contributed by atoms with E-state index < -0.39 is 0 Å². The number of nitrogens with one attached hydrogen (secondary N) is 1. The Bertz CT molecular complexity index is 635. The molecule has 24 heavy (non-hydrogen) atoms. The van der Waals surface area contributed by atoms with Crippen molar-refractivity contribution in [3.63, 3.8) is 0 Å². The summed E-state index contributed by atoms with van der Waals surface area (Å²) in [4.78, 5) is 14.4. The van der Waals surface area contributed by atoms with Gasteiger partial charge < -0.3 is 15.0 Å². The van der Waals surface area contributed by atoms with Crippen LogP contribution in [0.5, 0.6) is 5.75 Å². The van der Waals surface area contributed by atoms with Crippen LogP contribution in [0.2, 0.25) is 0 Å². The summed E-state index contributed by atoms with van der Waals surface area (Å²) in [5.74, 6) is 1.26. The summed E-state index contributed by atoms with van der Waals surface area (Å²) in [6.45, 7) is 6.12. The van der Waals surface area contributed by atoms with Gasteiger partial charge in [0, 0.05) is 18.8 Å². The zero-order valence-electron chi connectivity index (χ0n) is 14.5. The number of anilines is 2. The highest BCUT2D eigenvalue weighted by Gasteiger charge is 2.11. The van der Waals surface area contributed by atoms with Crippen LogP contribution in [0, 0.1) is 0 Å². The number of carbonyl (C=O) groups excluding carboxylic acids is 1. The third-order valence-electron chi connectivity index (χ3n) is 3.54.